The Morgan fingerprint density at radius 2 is 2.13 bits per heavy atom. The predicted octanol–water partition coefficient (Wildman–Crippen LogP) is 3.71. The number of nitrogens with zero attached hydrogens (tertiary/aromatic N) is 3. The van der Waals surface area contributed by atoms with Crippen LogP contribution < -0.4 is 0 Å². The molecule has 1 aromatic carbocycles. The standard InChI is InChI=1S/C18H21N3OS/c1-12-7-5-6-10-21(12)18(22)16-14-11-23-15-9-4-3-8-13(15)17(14)20(2)19-16/h3-4,8-9,12H,5-7,10-11H2,1-2H3. The summed E-state index contributed by atoms with van der Waals surface area (Å²) in [7, 11) is 1.95. The van der Waals surface area contributed by atoms with Crippen molar-refractivity contribution in [2.45, 2.75) is 42.9 Å². The van der Waals surface area contributed by atoms with Crippen molar-refractivity contribution >= 4 is 17.7 Å². The Kier molecular flexibility index (Phi) is 3.68. The maximum absolute atomic E-state index is 13.0. The monoisotopic (exact) mass is 327 g/mol. The number of rotatable bonds is 1. The van der Waals surface area contributed by atoms with Crippen LogP contribution in [0.5, 0.6) is 0 Å². The molecule has 1 saturated heterocycles. The molecule has 0 spiro atoms. The highest BCUT2D eigenvalue weighted by molar-refractivity contribution is 7.98. The Labute approximate surface area is 140 Å². The van der Waals surface area contributed by atoms with Crippen LogP contribution in [0.3, 0.4) is 0 Å². The summed E-state index contributed by atoms with van der Waals surface area (Å²) >= 11 is 1.80. The van der Waals surface area contributed by atoms with E-state index < -0.39 is 0 Å². The number of amides is 1. The predicted molar refractivity (Wildman–Crippen MR) is 92.6 cm³/mol. The second-order valence-corrected chi connectivity index (χ2v) is 7.44. The fourth-order valence-electron chi connectivity index (χ4n) is 3.69. The lowest BCUT2D eigenvalue weighted by atomic mass is 10.0. The van der Waals surface area contributed by atoms with Crippen LogP contribution in [-0.2, 0) is 12.8 Å². The third kappa shape index (κ3) is 2.38. The molecule has 1 unspecified atom stereocenters. The molecule has 1 fully saturated rings. The summed E-state index contributed by atoms with van der Waals surface area (Å²) in [6.07, 6.45) is 3.41. The molecular weight excluding hydrogens is 306 g/mol. The van der Waals surface area contributed by atoms with Gasteiger partial charge in [0, 0.05) is 41.4 Å². The molecule has 0 N–H and O–H groups in total. The summed E-state index contributed by atoms with van der Waals surface area (Å²) in [6, 6.07) is 8.70. The maximum atomic E-state index is 13.0. The molecule has 2 aliphatic heterocycles. The van der Waals surface area contributed by atoms with Gasteiger partial charge in [-0.2, -0.15) is 5.10 Å². The molecule has 1 aromatic heterocycles. The normalized spacial score (nSPS) is 20.1. The van der Waals surface area contributed by atoms with Crippen LogP contribution in [0.4, 0.5) is 0 Å². The van der Waals surface area contributed by atoms with Crippen molar-refractivity contribution in [3.8, 4) is 11.3 Å². The lowest BCUT2D eigenvalue weighted by Crippen LogP contribution is -2.42. The van der Waals surface area contributed by atoms with Crippen molar-refractivity contribution in [3.05, 3.63) is 35.5 Å². The van der Waals surface area contributed by atoms with E-state index in [2.05, 4.69) is 36.3 Å². The number of fused-ring (bicyclic) bond motifs is 3. The van der Waals surface area contributed by atoms with Gasteiger partial charge in [0.1, 0.15) is 0 Å². The van der Waals surface area contributed by atoms with Gasteiger partial charge in [0.2, 0.25) is 0 Å². The molecule has 5 heteroatoms. The van der Waals surface area contributed by atoms with Crippen molar-refractivity contribution in [1.29, 1.82) is 0 Å². The number of thioether (sulfide) groups is 1. The zero-order chi connectivity index (χ0) is 16.0. The number of benzene rings is 1. The van der Waals surface area contributed by atoms with Gasteiger partial charge in [0.25, 0.3) is 5.91 Å². The maximum Gasteiger partial charge on any atom is 0.274 e. The van der Waals surface area contributed by atoms with E-state index in [-0.39, 0.29) is 5.91 Å². The van der Waals surface area contributed by atoms with Gasteiger partial charge in [-0.15, -0.1) is 11.8 Å². The number of piperidine rings is 1. The molecule has 0 saturated carbocycles. The van der Waals surface area contributed by atoms with E-state index in [4.69, 9.17) is 0 Å². The summed E-state index contributed by atoms with van der Waals surface area (Å²) in [5, 5.41) is 4.61. The summed E-state index contributed by atoms with van der Waals surface area (Å²) < 4.78 is 1.88. The van der Waals surface area contributed by atoms with E-state index in [1.54, 1.807) is 11.8 Å². The van der Waals surface area contributed by atoms with Crippen molar-refractivity contribution in [3.63, 3.8) is 0 Å². The zero-order valence-electron chi connectivity index (χ0n) is 13.6. The topological polar surface area (TPSA) is 38.1 Å². The van der Waals surface area contributed by atoms with Gasteiger partial charge in [-0.3, -0.25) is 9.48 Å². The number of carbonyl (C=O) groups excluding carboxylic acids is 1. The van der Waals surface area contributed by atoms with E-state index in [1.165, 1.54) is 16.9 Å². The quantitative estimate of drug-likeness (QED) is 0.801. The third-order valence-corrected chi connectivity index (χ3v) is 6.03. The Bertz CT molecular complexity index is 768. The molecular formula is C18H21N3OS. The third-order valence-electron chi connectivity index (χ3n) is 4.93. The Morgan fingerprint density at radius 3 is 2.96 bits per heavy atom. The second kappa shape index (κ2) is 5.71. The number of hydrogen-bond acceptors (Lipinski definition) is 3. The van der Waals surface area contributed by atoms with E-state index in [1.807, 2.05) is 16.6 Å². The molecule has 4 rings (SSSR count). The zero-order valence-corrected chi connectivity index (χ0v) is 14.4. The Hall–Kier alpha value is -1.75. The molecule has 1 amide bonds. The first kappa shape index (κ1) is 14.8. The largest absolute Gasteiger partial charge is 0.335 e. The van der Waals surface area contributed by atoms with Gasteiger partial charge in [-0.1, -0.05) is 18.2 Å². The SMILES string of the molecule is CC1CCCCN1C(=O)c1nn(C)c2c1CSc1ccccc1-2. The number of carbonyl (C=O) groups is 1. The highest BCUT2D eigenvalue weighted by Crippen LogP contribution is 2.42. The molecule has 0 aliphatic carbocycles. The van der Waals surface area contributed by atoms with E-state index in [9.17, 15) is 4.79 Å². The summed E-state index contributed by atoms with van der Waals surface area (Å²) in [5.41, 5.74) is 4.05. The number of hydrogen-bond donors (Lipinski definition) is 0. The van der Waals surface area contributed by atoms with Crippen LogP contribution >= 0.6 is 11.8 Å². The first-order valence-corrected chi connectivity index (χ1v) is 9.24. The Morgan fingerprint density at radius 1 is 1.30 bits per heavy atom. The number of aromatic nitrogens is 2. The summed E-state index contributed by atoms with van der Waals surface area (Å²) in [5.74, 6) is 0.928. The van der Waals surface area contributed by atoms with Gasteiger partial charge in [-0.05, 0) is 32.3 Å². The second-order valence-electron chi connectivity index (χ2n) is 6.43. The molecule has 2 aromatic rings. The smallest absolute Gasteiger partial charge is 0.274 e. The van der Waals surface area contributed by atoms with Crippen LogP contribution in [0.2, 0.25) is 0 Å². The highest BCUT2D eigenvalue weighted by Gasteiger charge is 2.32. The number of likely N-dealkylation sites (tertiary alicyclic amines) is 1. The van der Waals surface area contributed by atoms with E-state index >= 15 is 0 Å². The fourth-order valence-corrected chi connectivity index (χ4v) is 4.76. The minimum Gasteiger partial charge on any atom is -0.335 e. The first-order chi connectivity index (χ1) is 11.2. The average Bonchev–Trinajstić information content (AvgIpc) is 2.92. The van der Waals surface area contributed by atoms with Gasteiger partial charge < -0.3 is 4.90 Å². The Balaban J connectivity index is 1.77. The highest BCUT2D eigenvalue weighted by atomic mass is 32.2. The molecule has 3 heterocycles. The van der Waals surface area contributed by atoms with Crippen molar-refractivity contribution in [2.75, 3.05) is 6.54 Å². The van der Waals surface area contributed by atoms with Gasteiger partial charge in [0.15, 0.2) is 5.69 Å². The van der Waals surface area contributed by atoms with E-state index in [0.29, 0.717) is 11.7 Å². The minimum absolute atomic E-state index is 0.106. The van der Waals surface area contributed by atoms with Crippen molar-refractivity contribution in [1.82, 2.24) is 14.7 Å². The number of aryl methyl sites for hydroxylation is 1. The minimum atomic E-state index is 0.106. The van der Waals surface area contributed by atoms with Crippen LogP contribution in [0.1, 0.15) is 42.2 Å². The molecule has 1 atom stereocenters. The van der Waals surface area contributed by atoms with Crippen molar-refractivity contribution in [2.24, 2.45) is 7.05 Å². The van der Waals surface area contributed by atoms with Crippen LogP contribution in [0.15, 0.2) is 29.2 Å². The van der Waals surface area contributed by atoms with Gasteiger partial charge in [-0.25, -0.2) is 0 Å². The molecule has 2 aliphatic rings. The van der Waals surface area contributed by atoms with Crippen molar-refractivity contribution < 1.29 is 4.79 Å². The lowest BCUT2D eigenvalue weighted by molar-refractivity contribution is 0.0628. The van der Waals surface area contributed by atoms with Crippen LogP contribution in [0.25, 0.3) is 11.3 Å². The van der Waals surface area contributed by atoms with Gasteiger partial charge in [0.05, 0.1) is 5.69 Å². The van der Waals surface area contributed by atoms with Crippen LogP contribution in [0, 0.1) is 0 Å². The molecule has 0 bridgehead atoms. The van der Waals surface area contributed by atoms with Crippen LogP contribution in [-0.4, -0.2) is 33.2 Å². The van der Waals surface area contributed by atoms with E-state index in [0.717, 1.165) is 36.4 Å². The molecule has 4 nitrogen and oxygen atoms in total. The lowest BCUT2D eigenvalue weighted by Gasteiger charge is -2.33. The summed E-state index contributed by atoms with van der Waals surface area (Å²) in [6.45, 7) is 3.01. The molecule has 23 heavy (non-hydrogen) atoms. The fraction of sp³-hybridized carbons (Fsp3) is 0.444. The first-order valence-electron chi connectivity index (χ1n) is 8.26. The molecule has 0 radical (unpaired) electrons. The molecule has 120 valence electrons. The average molecular weight is 327 g/mol. The van der Waals surface area contributed by atoms with Gasteiger partial charge >= 0.3 is 0 Å². The summed E-state index contributed by atoms with van der Waals surface area (Å²) in [4.78, 5) is 16.3.